The first kappa shape index (κ1) is 12.5. The SMILES string of the molecule is CC.[In].c1ccc2cnccc2c1. The van der Waals surface area contributed by atoms with Gasteiger partial charge in [0.05, 0.1) is 0 Å². The van der Waals surface area contributed by atoms with E-state index in [1.807, 2.05) is 44.4 Å². The Labute approximate surface area is 98.0 Å². The number of pyridine rings is 1. The smallest absolute Gasteiger partial charge is 0.0346 e. The van der Waals surface area contributed by atoms with Gasteiger partial charge in [0.15, 0.2) is 0 Å². The summed E-state index contributed by atoms with van der Waals surface area (Å²) in [6.07, 6.45) is 3.68. The van der Waals surface area contributed by atoms with E-state index in [2.05, 4.69) is 17.1 Å². The van der Waals surface area contributed by atoms with Crippen LogP contribution in [-0.2, 0) is 0 Å². The third-order valence-corrected chi connectivity index (χ3v) is 1.55. The van der Waals surface area contributed by atoms with Crippen LogP contribution in [0, 0.1) is 0 Å². The third kappa shape index (κ3) is 3.39. The van der Waals surface area contributed by atoms with Crippen molar-refractivity contribution in [2.75, 3.05) is 0 Å². The van der Waals surface area contributed by atoms with Crippen molar-refractivity contribution in [3.63, 3.8) is 0 Å². The monoisotopic (exact) mass is 274 g/mol. The summed E-state index contributed by atoms with van der Waals surface area (Å²) < 4.78 is 0. The van der Waals surface area contributed by atoms with E-state index >= 15 is 0 Å². The van der Waals surface area contributed by atoms with Crippen LogP contribution in [0.4, 0.5) is 0 Å². The molecule has 13 heavy (non-hydrogen) atoms. The molecule has 2 rings (SSSR count). The molecule has 1 nitrogen and oxygen atoms in total. The van der Waals surface area contributed by atoms with E-state index in [-0.39, 0.29) is 25.8 Å². The second kappa shape index (κ2) is 6.96. The Hall–Kier alpha value is -0.500. The van der Waals surface area contributed by atoms with Crippen molar-refractivity contribution >= 4 is 36.6 Å². The molecule has 0 aliphatic rings. The summed E-state index contributed by atoms with van der Waals surface area (Å²) in [5.74, 6) is 0. The molecule has 0 aliphatic carbocycles. The fraction of sp³-hybridized carbons (Fsp3) is 0.182. The summed E-state index contributed by atoms with van der Waals surface area (Å²) in [6.45, 7) is 4.00. The number of aromatic nitrogens is 1. The zero-order chi connectivity index (χ0) is 8.81. The molecule has 1 aromatic carbocycles. The van der Waals surface area contributed by atoms with Gasteiger partial charge in [-0.15, -0.1) is 0 Å². The Kier molecular flexibility index (Phi) is 6.69. The van der Waals surface area contributed by atoms with Crippen molar-refractivity contribution in [2.24, 2.45) is 0 Å². The second-order valence-corrected chi connectivity index (χ2v) is 2.22. The number of hydrogen-bond donors (Lipinski definition) is 0. The van der Waals surface area contributed by atoms with Gasteiger partial charge in [-0.2, -0.15) is 0 Å². The fourth-order valence-corrected chi connectivity index (χ4v) is 1.03. The summed E-state index contributed by atoms with van der Waals surface area (Å²) in [5.41, 5.74) is 0. The predicted molar refractivity (Wildman–Crippen MR) is 58.8 cm³/mol. The van der Waals surface area contributed by atoms with Crippen molar-refractivity contribution in [1.82, 2.24) is 4.98 Å². The molecular weight excluding hydrogens is 261 g/mol. The number of nitrogens with zero attached hydrogens (tertiary/aromatic N) is 1. The summed E-state index contributed by atoms with van der Waals surface area (Å²) in [5, 5.41) is 2.45. The van der Waals surface area contributed by atoms with E-state index in [4.69, 9.17) is 0 Å². The number of rotatable bonds is 0. The Morgan fingerprint density at radius 3 is 2.15 bits per heavy atom. The molecule has 1 aromatic heterocycles. The zero-order valence-electron chi connectivity index (χ0n) is 8.07. The minimum Gasteiger partial charge on any atom is -0.264 e. The molecule has 0 spiro atoms. The molecule has 0 unspecified atom stereocenters. The Balaban J connectivity index is 0.000000451. The van der Waals surface area contributed by atoms with Crippen LogP contribution in [0.15, 0.2) is 42.7 Å². The normalized spacial score (nSPS) is 8.15. The third-order valence-electron chi connectivity index (χ3n) is 1.55. The molecule has 2 aromatic rings. The van der Waals surface area contributed by atoms with Crippen LogP contribution < -0.4 is 0 Å². The van der Waals surface area contributed by atoms with Gasteiger partial charge in [-0.05, 0) is 16.8 Å². The van der Waals surface area contributed by atoms with Gasteiger partial charge in [-0.1, -0.05) is 38.1 Å². The molecule has 0 amide bonds. The van der Waals surface area contributed by atoms with Crippen molar-refractivity contribution in [3.05, 3.63) is 42.7 Å². The first-order chi connectivity index (χ1) is 5.97. The summed E-state index contributed by atoms with van der Waals surface area (Å²) in [7, 11) is 0. The molecule has 0 bridgehead atoms. The minimum atomic E-state index is 0. The summed E-state index contributed by atoms with van der Waals surface area (Å²) in [4.78, 5) is 4.01. The van der Waals surface area contributed by atoms with Crippen molar-refractivity contribution in [1.29, 1.82) is 0 Å². The van der Waals surface area contributed by atoms with Gasteiger partial charge < -0.3 is 0 Å². The molecule has 0 atom stereocenters. The predicted octanol–water partition coefficient (Wildman–Crippen LogP) is 2.88. The van der Waals surface area contributed by atoms with E-state index in [1.165, 1.54) is 10.8 Å². The maximum Gasteiger partial charge on any atom is 0.0346 e. The van der Waals surface area contributed by atoms with E-state index in [0.717, 1.165) is 0 Å². The van der Waals surface area contributed by atoms with Crippen LogP contribution in [0.25, 0.3) is 10.8 Å². The number of fused-ring (bicyclic) bond motifs is 1. The first-order valence-electron chi connectivity index (χ1n) is 4.25. The van der Waals surface area contributed by atoms with Gasteiger partial charge in [-0.3, -0.25) is 4.98 Å². The van der Waals surface area contributed by atoms with Gasteiger partial charge >= 0.3 is 0 Å². The Bertz CT molecular complexity index is 281. The van der Waals surface area contributed by atoms with Gasteiger partial charge in [0.25, 0.3) is 0 Å². The minimum absolute atomic E-state index is 0. The van der Waals surface area contributed by atoms with Crippen LogP contribution in [0.5, 0.6) is 0 Å². The van der Waals surface area contributed by atoms with Crippen molar-refractivity contribution < 1.29 is 0 Å². The van der Waals surface area contributed by atoms with E-state index in [9.17, 15) is 0 Å². The van der Waals surface area contributed by atoms with Gasteiger partial charge in [0.1, 0.15) is 0 Å². The average Bonchev–Trinajstić information content (AvgIpc) is 2.21. The van der Waals surface area contributed by atoms with E-state index < -0.39 is 0 Å². The molecular formula is C11H13InN. The van der Waals surface area contributed by atoms with Crippen LogP contribution in [-0.4, -0.2) is 30.8 Å². The molecule has 3 radical (unpaired) electrons. The van der Waals surface area contributed by atoms with E-state index in [0.29, 0.717) is 0 Å². The molecule has 0 saturated heterocycles. The van der Waals surface area contributed by atoms with Gasteiger partial charge in [0.2, 0.25) is 0 Å². The Morgan fingerprint density at radius 2 is 1.54 bits per heavy atom. The fourth-order valence-electron chi connectivity index (χ4n) is 1.03. The zero-order valence-corrected chi connectivity index (χ0v) is 11.4. The largest absolute Gasteiger partial charge is 0.264 e. The standard InChI is InChI=1S/C9H7N.C2H6.In/c1-2-4-9-7-10-6-5-8(9)3-1;1-2;/h1-7H;1-2H3;. The summed E-state index contributed by atoms with van der Waals surface area (Å²) >= 11 is 0. The van der Waals surface area contributed by atoms with Crippen molar-refractivity contribution in [3.8, 4) is 0 Å². The van der Waals surface area contributed by atoms with Gasteiger partial charge in [-0.25, -0.2) is 0 Å². The van der Waals surface area contributed by atoms with E-state index in [1.54, 1.807) is 0 Å². The Morgan fingerprint density at radius 1 is 0.923 bits per heavy atom. The maximum atomic E-state index is 4.01. The molecule has 65 valence electrons. The first-order valence-corrected chi connectivity index (χ1v) is 4.25. The quantitative estimate of drug-likeness (QED) is 0.719. The van der Waals surface area contributed by atoms with Crippen LogP contribution in [0.1, 0.15) is 13.8 Å². The van der Waals surface area contributed by atoms with Crippen LogP contribution in [0.3, 0.4) is 0 Å². The topological polar surface area (TPSA) is 12.9 Å². The molecule has 0 aliphatic heterocycles. The molecule has 2 heteroatoms. The molecule has 0 N–H and O–H groups in total. The molecule has 1 heterocycles. The van der Waals surface area contributed by atoms with Gasteiger partial charge in [0, 0.05) is 38.2 Å². The molecule has 0 fully saturated rings. The molecule has 0 saturated carbocycles. The summed E-state index contributed by atoms with van der Waals surface area (Å²) in [6, 6.07) is 10.2. The van der Waals surface area contributed by atoms with Crippen LogP contribution in [0.2, 0.25) is 0 Å². The van der Waals surface area contributed by atoms with Crippen LogP contribution >= 0.6 is 0 Å². The number of hydrogen-bond acceptors (Lipinski definition) is 1. The second-order valence-electron chi connectivity index (χ2n) is 2.22. The number of benzene rings is 1. The van der Waals surface area contributed by atoms with Crippen molar-refractivity contribution in [2.45, 2.75) is 13.8 Å². The maximum absolute atomic E-state index is 4.01. The average molecular weight is 274 g/mol.